The first-order valence-corrected chi connectivity index (χ1v) is 11.8. The Hall–Kier alpha value is -3.72. The lowest BCUT2D eigenvalue weighted by molar-refractivity contribution is -0.114. The predicted octanol–water partition coefficient (Wildman–Crippen LogP) is 3.76. The Kier molecular flexibility index (Phi) is 4.90. The van der Waals surface area contributed by atoms with E-state index in [1.165, 1.54) is 0 Å². The fraction of sp³-hybridized carbons (Fsp3) is 0.174. The molecule has 1 aliphatic rings. The molecular weight excluding hydrogens is 432 g/mol. The number of sulfonamides is 1. The van der Waals surface area contributed by atoms with E-state index >= 15 is 0 Å². The molecule has 0 bridgehead atoms. The molecule has 1 aliphatic heterocycles. The fourth-order valence-electron chi connectivity index (χ4n) is 3.72. The maximum Gasteiger partial charge on any atom is 0.245 e. The number of fused-ring (bicyclic) bond motifs is 4. The SMILES string of the molecule is CS(=O)(=O)N(CC(=O)Nc1ccc2c(c1)oc1ccccc12)c1ccc2c(c1)OCCO2. The molecule has 1 amide bonds. The van der Waals surface area contributed by atoms with Gasteiger partial charge >= 0.3 is 0 Å². The number of amides is 1. The highest BCUT2D eigenvalue weighted by molar-refractivity contribution is 7.92. The van der Waals surface area contributed by atoms with E-state index in [1.54, 1.807) is 30.3 Å². The first-order chi connectivity index (χ1) is 15.4. The van der Waals surface area contributed by atoms with Gasteiger partial charge < -0.3 is 19.2 Å². The van der Waals surface area contributed by atoms with E-state index in [9.17, 15) is 13.2 Å². The number of hydrogen-bond donors (Lipinski definition) is 1. The van der Waals surface area contributed by atoms with Crippen molar-refractivity contribution in [2.24, 2.45) is 0 Å². The van der Waals surface area contributed by atoms with Gasteiger partial charge in [-0.15, -0.1) is 0 Å². The molecule has 1 N–H and O–H groups in total. The molecule has 0 saturated heterocycles. The molecule has 0 radical (unpaired) electrons. The molecule has 5 rings (SSSR count). The lowest BCUT2D eigenvalue weighted by atomic mass is 10.1. The summed E-state index contributed by atoms with van der Waals surface area (Å²) in [7, 11) is -3.73. The second-order valence-electron chi connectivity index (χ2n) is 7.45. The van der Waals surface area contributed by atoms with Crippen LogP contribution in [0.15, 0.2) is 65.1 Å². The van der Waals surface area contributed by atoms with Crippen LogP contribution in [0.5, 0.6) is 11.5 Å². The number of anilines is 2. The van der Waals surface area contributed by atoms with Crippen LogP contribution in [-0.4, -0.2) is 40.3 Å². The van der Waals surface area contributed by atoms with Crippen LogP contribution in [0.2, 0.25) is 0 Å². The van der Waals surface area contributed by atoms with Gasteiger partial charge in [0, 0.05) is 28.6 Å². The molecule has 32 heavy (non-hydrogen) atoms. The molecule has 1 aromatic heterocycles. The second kappa shape index (κ2) is 7.76. The number of carbonyl (C=O) groups excluding carboxylic acids is 1. The number of nitrogens with zero attached hydrogens (tertiary/aromatic N) is 1. The van der Waals surface area contributed by atoms with E-state index in [1.807, 2.05) is 30.3 Å². The van der Waals surface area contributed by atoms with Gasteiger partial charge in [0.15, 0.2) is 11.5 Å². The lowest BCUT2D eigenvalue weighted by Crippen LogP contribution is -2.37. The Balaban J connectivity index is 1.39. The molecule has 4 aromatic rings. The minimum atomic E-state index is -3.73. The Labute approximate surface area is 184 Å². The third-order valence-corrected chi connectivity index (χ3v) is 6.30. The first-order valence-electron chi connectivity index (χ1n) is 9.97. The van der Waals surface area contributed by atoms with Gasteiger partial charge in [-0.05, 0) is 30.3 Å². The summed E-state index contributed by atoms with van der Waals surface area (Å²) in [5.74, 6) is 0.496. The minimum absolute atomic E-state index is 0.319. The summed E-state index contributed by atoms with van der Waals surface area (Å²) in [5, 5.41) is 4.68. The fourth-order valence-corrected chi connectivity index (χ4v) is 4.57. The van der Waals surface area contributed by atoms with Gasteiger partial charge in [-0.3, -0.25) is 9.10 Å². The molecule has 0 fully saturated rings. The maximum absolute atomic E-state index is 12.7. The summed E-state index contributed by atoms with van der Waals surface area (Å²) in [6.45, 7) is 0.414. The summed E-state index contributed by atoms with van der Waals surface area (Å²) in [6.07, 6.45) is 1.05. The molecule has 3 aromatic carbocycles. The molecule has 2 heterocycles. The van der Waals surface area contributed by atoms with Crippen molar-refractivity contribution < 1.29 is 27.1 Å². The van der Waals surface area contributed by atoms with E-state index in [0.29, 0.717) is 41.7 Å². The van der Waals surface area contributed by atoms with Crippen LogP contribution in [-0.2, 0) is 14.8 Å². The highest BCUT2D eigenvalue weighted by Gasteiger charge is 2.23. The standard InChI is InChI=1S/C23H20N2O6S/c1-32(27,28)25(16-7-9-20-22(13-16)30-11-10-29-20)14-23(26)24-15-6-8-18-17-4-2-3-5-19(17)31-21(18)12-15/h2-9,12-13H,10-11,14H2,1H3,(H,24,26). The van der Waals surface area contributed by atoms with Crippen LogP contribution in [0.4, 0.5) is 11.4 Å². The smallest absolute Gasteiger partial charge is 0.245 e. The molecule has 8 nitrogen and oxygen atoms in total. The zero-order chi connectivity index (χ0) is 22.3. The first kappa shape index (κ1) is 20.2. The van der Waals surface area contributed by atoms with Crippen LogP contribution in [0.1, 0.15) is 0 Å². The van der Waals surface area contributed by atoms with Gasteiger partial charge in [-0.2, -0.15) is 0 Å². The number of rotatable bonds is 5. The van der Waals surface area contributed by atoms with Crippen LogP contribution in [0.25, 0.3) is 21.9 Å². The van der Waals surface area contributed by atoms with Gasteiger partial charge in [-0.1, -0.05) is 18.2 Å². The third kappa shape index (κ3) is 3.82. The minimum Gasteiger partial charge on any atom is -0.486 e. The van der Waals surface area contributed by atoms with Crippen LogP contribution in [0.3, 0.4) is 0 Å². The van der Waals surface area contributed by atoms with Gasteiger partial charge in [0.05, 0.1) is 11.9 Å². The van der Waals surface area contributed by atoms with Gasteiger partial charge in [0.1, 0.15) is 30.9 Å². The van der Waals surface area contributed by atoms with Gasteiger partial charge in [0.25, 0.3) is 0 Å². The molecule has 0 aliphatic carbocycles. The summed E-state index contributed by atoms with van der Waals surface area (Å²) in [4.78, 5) is 12.7. The molecule has 0 atom stereocenters. The largest absolute Gasteiger partial charge is 0.486 e. The highest BCUT2D eigenvalue weighted by atomic mass is 32.2. The monoisotopic (exact) mass is 452 g/mol. The Bertz CT molecular complexity index is 1440. The van der Waals surface area contributed by atoms with E-state index < -0.39 is 22.5 Å². The summed E-state index contributed by atoms with van der Waals surface area (Å²) in [6, 6.07) is 17.8. The van der Waals surface area contributed by atoms with Crippen LogP contribution in [0, 0.1) is 0 Å². The molecule has 0 spiro atoms. The van der Waals surface area contributed by atoms with E-state index in [0.717, 1.165) is 26.9 Å². The average molecular weight is 452 g/mol. The van der Waals surface area contributed by atoms with Crippen molar-refractivity contribution in [2.45, 2.75) is 0 Å². The Morgan fingerprint density at radius 3 is 2.50 bits per heavy atom. The van der Waals surface area contributed by atoms with Crippen LogP contribution >= 0.6 is 0 Å². The van der Waals surface area contributed by atoms with E-state index in [2.05, 4.69) is 5.32 Å². The van der Waals surface area contributed by atoms with E-state index in [4.69, 9.17) is 13.9 Å². The highest BCUT2D eigenvalue weighted by Crippen LogP contribution is 2.35. The average Bonchev–Trinajstić information content (AvgIpc) is 3.14. The Morgan fingerprint density at radius 1 is 0.938 bits per heavy atom. The van der Waals surface area contributed by atoms with Crippen molar-refractivity contribution in [3.63, 3.8) is 0 Å². The molecule has 0 saturated carbocycles. The van der Waals surface area contributed by atoms with Crippen molar-refractivity contribution in [3.05, 3.63) is 60.7 Å². The number of hydrogen-bond acceptors (Lipinski definition) is 6. The third-order valence-electron chi connectivity index (χ3n) is 5.16. The number of furan rings is 1. The van der Waals surface area contributed by atoms with Crippen molar-refractivity contribution in [3.8, 4) is 11.5 Å². The van der Waals surface area contributed by atoms with Crippen molar-refractivity contribution >= 4 is 49.2 Å². The van der Waals surface area contributed by atoms with Gasteiger partial charge in [0.2, 0.25) is 15.9 Å². The summed E-state index contributed by atoms with van der Waals surface area (Å²) in [5.41, 5.74) is 2.22. The Morgan fingerprint density at radius 2 is 1.69 bits per heavy atom. The molecule has 164 valence electrons. The van der Waals surface area contributed by atoms with E-state index in [-0.39, 0.29) is 0 Å². The van der Waals surface area contributed by atoms with Gasteiger partial charge in [-0.25, -0.2) is 8.42 Å². The zero-order valence-corrected chi connectivity index (χ0v) is 18.0. The van der Waals surface area contributed by atoms with Crippen LogP contribution < -0.4 is 19.1 Å². The quantitative estimate of drug-likeness (QED) is 0.495. The number of carbonyl (C=O) groups is 1. The van der Waals surface area contributed by atoms with Crippen molar-refractivity contribution in [1.29, 1.82) is 0 Å². The second-order valence-corrected chi connectivity index (χ2v) is 9.36. The number of benzene rings is 3. The normalized spacial score (nSPS) is 13.3. The summed E-state index contributed by atoms with van der Waals surface area (Å²) < 4.78 is 42.7. The molecule has 0 unspecified atom stereocenters. The number of ether oxygens (including phenoxy) is 2. The number of nitrogens with one attached hydrogen (secondary N) is 1. The topological polar surface area (TPSA) is 98.1 Å². The lowest BCUT2D eigenvalue weighted by Gasteiger charge is -2.24. The van der Waals surface area contributed by atoms with Crippen molar-refractivity contribution in [2.75, 3.05) is 35.6 Å². The maximum atomic E-state index is 12.7. The summed E-state index contributed by atoms with van der Waals surface area (Å²) >= 11 is 0. The predicted molar refractivity (Wildman–Crippen MR) is 122 cm³/mol. The molecule has 9 heteroatoms. The zero-order valence-electron chi connectivity index (χ0n) is 17.2. The number of para-hydroxylation sites is 1. The molecular formula is C23H20N2O6S. The van der Waals surface area contributed by atoms with Crippen molar-refractivity contribution in [1.82, 2.24) is 0 Å².